The molecular formula is C10H10BrN3S. The first-order valence-corrected chi connectivity index (χ1v) is 6.16. The minimum Gasteiger partial charge on any atom is -0.324 e. The third-order valence-corrected chi connectivity index (χ3v) is 3.77. The zero-order chi connectivity index (χ0) is 10.7. The maximum Gasteiger partial charge on any atom is 0.115 e. The summed E-state index contributed by atoms with van der Waals surface area (Å²) in [6.07, 6.45) is 5.86. The van der Waals surface area contributed by atoms with Gasteiger partial charge in [-0.3, -0.25) is 0 Å². The number of hydrogen-bond acceptors (Lipinski definition) is 4. The second-order valence-corrected chi connectivity index (χ2v) is 5.13. The molecule has 0 aliphatic heterocycles. The Kier molecular flexibility index (Phi) is 3.45. The number of halogens is 1. The lowest BCUT2D eigenvalue weighted by Gasteiger charge is -2.08. The molecule has 5 heteroatoms. The molecule has 2 rings (SSSR count). The van der Waals surface area contributed by atoms with Gasteiger partial charge in [-0.1, -0.05) is 0 Å². The maximum atomic E-state index is 6.05. The molecule has 2 aromatic rings. The summed E-state index contributed by atoms with van der Waals surface area (Å²) in [5.41, 5.74) is 7.02. The molecule has 0 saturated carbocycles. The van der Waals surface area contributed by atoms with E-state index >= 15 is 0 Å². The first kappa shape index (κ1) is 10.7. The van der Waals surface area contributed by atoms with Gasteiger partial charge in [0.15, 0.2) is 0 Å². The van der Waals surface area contributed by atoms with Gasteiger partial charge in [0.1, 0.15) is 6.33 Å². The van der Waals surface area contributed by atoms with E-state index in [1.807, 2.05) is 0 Å². The molecule has 0 aromatic carbocycles. The molecule has 2 N–H and O–H groups in total. The van der Waals surface area contributed by atoms with Crippen molar-refractivity contribution in [2.45, 2.75) is 12.5 Å². The van der Waals surface area contributed by atoms with E-state index in [4.69, 9.17) is 5.73 Å². The van der Waals surface area contributed by atoms with Crippen molar-refractivity contribution in [1.29, 1.82) is 0 Å². The highest BCUT2D eigenvalue weighted by atomic mass is 79.9. The summed E-state index contributed by atoms with van der Waals surface area (Å²) in [4.78, 5) is 9.17. The largest absolute Gasteiger partial charge is 0.324 e. The van der Waals surface area contributed by atoms with Crippen molar-refractivity contribution in [2.24, 2.45) is 5.73 Å². The standard InChI is InChI=1S/C10H10BrN3S/c11-8-1-9(15-5-8)2-10(12)7-3-13-6-14-4-7/h1,3-6,10H,2,12H2. The lowest BCUT2D eigenvalue weighted by Crippen LogP contribution is -2.13. The number of nitrogens with zero attached hydrogens (tertiary/aromatic N) is 2. The van der Waals surface area contributed by atoms with Crippen molar-refractivity contribution in [1.82, 2.24) is 9.97 Å². The molecule has 0 saturated heterocycles. The number of rotatable bonds is 3. The number of thiophene rings is 1. The molecule has 0 bridgehead atoms. The Hall–Kier alpha value is -0.780. The van der Waals surface area contributed by atoms with Crippen LogP contribution in [0.25, 0.3) is 0 Å². The third kappa shape index (κ3) is 2.84. The van der Waals surface area contributed by atoms with Crippen LogP contribution in [0.2, 0.25) is 0 Å². The lowest BCUT2D eigenvalue weighted by atomic mass is 10.1. The van der Waals surface area contributed by atoms with Gasteiger partial charge in [0.25, 0.3) is 0 Å². The topological polar surface area (TPSA) is 51.8 Å². The van der Waals surface area contributed by atoms with Gasteiger partial charge in [-0.25, -0.2) is 9.97 Å². The van der Waals surface area contributed by atoms with E-state index in [-0.39, 0.29) is 6.04 Å². The van der Waals surface area contributed by atoms with Gasteiger partial charge in [-0.2, -0.15) is 0 Å². The third-order valence-electron chi connectivity index (χ3n) is 2.05. The second-order valence-electron chi connectivity index (χ2n) is 3.21. The van der Waals surface area contributed by atoms with E-state index in [9.17, 15) is 0 Å². The molecule has 0 aliphatic carbocycles. The first-order valence-electron chi connectivity index (χ1n) is 4.49. The van der Waals surface area contributed by atoms with Gasteiger partial charge in [-0.15, -0.1) is 11.3 Å². The Morgan fingerprint density at radius 1 is 1.40 bits per heavy atom. The Morgan fingerprint density at radius 3 is 2.73 bits per heavy atom. The summed E-state index contributed by atoms with van der Waals surface area (Å²) in [6.45, 7) is 0. The number of aromatic nitrogens is 2. The molecule has 0 fully saturated rings. The van der Waals surface area contributed by atoms with Gasteiger partial charge >= 0.3 is 0 Å². The predicted octanol–water partition coefficient (Wildman–Crippen LogP) is 2.54. The van der Waals surface area contributed by atoms with E-state index in [0.29, 0.717) is 0 Å². The Bertz CT molecular complexity index is 429. The molecule has 78 valence electrons. The summed E-state index contributed by atoms with van der Waals surface area (Å²) in [6, 6.07) is 2.06. The molecule has 1 unspecified atom stereocenters. The zero-order valence-electron chi connectivity index (χ0n) is 7.93. The van der Waals surface area contributed by atoms with Crippen LogP contribution in [-0.4, -0.2) is 9.97 Å². The summed E-state index contributed by atoms with van der Waals surface area (Å²) >= 11 is 5.13. The fourth-order valence-electron chi connectivity index (χ4n) is 1.30. The fourth-order valence-corrected chi connectivity index (χ4v) is 2.81. The van der Waals surface area contributed by atoms with Crippen molar-refractivity contribution in [3.63, 3.8) is 0 Å². The fraction of sp³-hybridized carbons (Fsp3) is 0.200. The van der Waals surface area contributed by atoms with Gasteiger partial charge in [-0.05, 0) is 22.0 Å². The number of hydrogen-bond donors (Lipinski definition) is 1. The van der Waals surface area contributed by atoms with Crippen LogP contribution in [0, 0.1) is 0 Å². The maximum absolute atomic E-state index is 6.05. The second kappa shape index (κ2) is 4.83. The van der Waals surface area contributed by atoms with Crippen LogP contribution in [-0.2, 0) is 6.42 Å². The molecule has 0 radical (unpaired) electrons. The Labute approximate surface area is 101 Å². The predicted molar refractivity (Wildman–Crippen MR) is 64.7 cm³/mol. The van der Waals surface area contributed by atoms with Crippen LogP contribution >= 0.6 is 27.3 Å². The van der Waals surface area contributed by atoms with Crippen LogP contribution in [0.3, 0.4) is 0 Å². The summed E-state index contributed by atoms with van der Waals surface area (Å²) in [7, 11) is 0. The van der Waals surface area contributed by atoms with E-state index in [0.717, 1.165) is 16.5 Å². The summed E-state index contributed by atoms with van der Waals surface area (Å²) in [5, 5.41) is 2.06. The van der Waals surface area contributed by atoms with E-state index in [1.165, 1.54) is 11.2 Å². The highest BCUT2D eigenvalue weighted by molar-refractivity contribution is 9.10. The van der Waals surface area contributed by atoms with Crippen LogP contribution in [0.15, 0.2) is 34.6 Å². The van der Waals surface area contributed by atoms with Crippen molar-refractivity contribution in [2.75, 3.05) is 0 Å². The van der Waals surface area contributed by atoms with Gasteiger partial charge in [0.05, 0.1) is 0 Å². The SMILES string of the molecule is NC(Cc1cc(Br)cs1)c1cncnc1. The molecule has 0 aliphatic rings. The molecule has 15 heavy (non-hydrogen) atoms. The minimum atomic E-state index is -0.0308. The van der Waals surface area contributed by atoms with E-state index < -0.39 is 0 Å². The Morgan fingerprint density at radius 2 is 2.13 bits per heavy atom. The zero-order valence-corrected chi connectivity index (χ0v) is 10.3. The van der Waals surface area contributed by atoms with E-state index in [2.05, 4.69) is 37.3 Å². The average molecular weight is 284 g/mol. The highest BCUT2D eigenvalue weighted by Gasteiger charge is 2.08. The molecule has 2 heterocycles. The van der Waals surface area contributed by atoms with Crippen molar-refractivity contribution < 1.29 is 0 Å². The molecule has 0 spiro atoms. The molecular weight excluding hydrogens is 274 g/mol. The minimum absolute atomic E-state index is 0.0308. The lowest BCUT2D eigenvalue weighted by molar-refractivity contribution is 0.720. The molecule has 0 amide bonds. The van der Waals surface area contributed by atoms with Gasteiger partial charge < -0.3 is 5.73 Å². The van der Waals surface area contributed by atoms with Gasteiger partial charge in [0.2, 0.25) is 0 Å². The van der Waals surface area contributed by atoms with Crippen LogP contribution < -0.4 is 5.73 Å². The van der Waals surface area contributed by atoms with Crippen LogP contribution in [0.1, 0.15) is 16.5 Å². The summed E-state index contributed by atoms with van der Waals surface area (Å²) in [5.74, 6) is 0. The van der Waals surface area contributed by atoms with Crippen molar-refractivity contribution >= 4 is 27.3 Å². The van der Waals surface area contributed by atoms with Crippen molar-refractivity contribution in [3.05, 3.63) is 45.1 Å². The smallest absolute Gasteiger partial charge is 0.115 e. The molecule has 2 aromatic heterocycles. The highest BCUT2D eigenvalue weighted by Crippen LogP contribution is 2.23. The van der Waals surface area contributed by atoms with E-state index in [1.54, 1.807) is 23.7 Å². The molecule has 3 nitrogen and oxygen atoms in total. The monoisotopic (exact) mass is 283 g/mol. The number of nitrogens with two attached hydrogens (primary N) is 1. The normalized spacial score (nSPS) is 12.7. The molecule has 1 atom stereocenters. The first-order chi connectivity index (χ1) is 7.25. The van der Waals surface area contributed by atoms with Crippen LogP contribution in [0.5, 0.6) is 0 Å². The van der Waals surface area contributed by atoms with Gasteiger partial charge in [0, 0.05) is 45.1 Å². The summed E-state index contributed by atoms with van der Waals surface area (Å²) < 4.78 is 1.11. The van der Waals surface area contributed by atoms with Crippen molar-refractivity contribution in [3.8, 4) is 0 Å². The average Bonchev–Trinajstić information content (AvgIpc) is 2.65. The van der Waals surface area contributed by atoms with Crippen LogP contribution in [0.4, 0.5) is 0 Å². The quantitative estimate of drug-likeness (QED) is 0.942. The Balaban J connectivity index is 2.07.